The van der Waals surface area contributed by atoms with Gasteiger partial charge in [0.1, 0.15) is 0 Å². The summed E-state index contributed by atoms with van der Waals surface area (Å²) in [4.78, 5) is 8.08. The summed E-state index contributed by atoms with van der Waals surface area (Å²) in [6, 6.07) is 0. The first-order valence-electron chi connectivity index (χ1n) is 2.69. The van der Waals surface area contributed by atoms with Crippen LogP contribution in [0.1, 0.15) is 13.8 Å². The molecule has 0 radical (unpaired) electrons. The fourth-order valence-electron chi connectivity index (χ4n) is 0. The van der Waals surface area contributed by atoms with Gasteiger partial charge in [-0.2, -0.15) is 12.6 Å². The third kappa shape index (κ3) is 1250. The Bertz CT molecular complexity index is 86.1. The lowest BCUT2D eigenvalue weighted by molar-refractivity contribution is 0.492. The van der Waals surface area contributed by atoms with Gasteiger partial charge in [0, 0.05) is 13.3 Å². The van der Waals surface area contributed by atoms with Crippen LogP contribution in [0.5, 0.6) is 0 Å². The predicted octanol–water partition coefficient (Wildman–Crippen LogP) is 1.84. The molecule has 0 spiro atoms. The molecule has 0 aromatic rings. The van der Waals surface area contributed by atoms with Crippen molar-refractivity contribution in [2.24, 2.45) is 0 Å². The molecule has 2 nitrogen and oxygen atoms in total. The van der Waals surface area contributed by atoms with Gasteiger partial charge in [-0.05, 0) is 5.25 Å². The van der Waals surface area contributed by atoms with Crippen molar-refractivity contribution >= 4 is 20.0 Å². The van der Waals surface area contributed by atoms with Crippen molar-refractivity contribution < 1.29 is 9.46 Å². The zero-order valence-corrected chi connectivity index (χ0v) is 8.12. The van der Waals surface area contributed by atoms with E-state index >= 15 is 0 Å². The van der Waals surface area contributed by atoms with Crippen LogP contribution < -0.4 is 0 Å². The second-order valence-electron chi connectivity index (χ2n) is 2.39. The molecular weight excluding hydrogens is 155 g/mol. The molecule has 0 saturated carbocycles. The van der Waals surface area contributed by atoms with Gasteiger partial charge in [-0.15, -0.1) is 0 Å². The van der Waals surface area contributed by atoms with Crippen LogP contribution in [0.4, 0.5) is 0 Å². The highest BCUT2D eigenvalue weighted by molar-refractivity contribution is 7.80. The van der Waals surface area contributed by atoms with E-state index in [1.165, 1.54) is 13.3 Å². The second-order valence-corrected chi connectivity index (χ2v) is 6.01. The second kappa shape index (κ2) is 5.33. The average Bonchev–Trinajstić information content (AvgIpc) is 1.19. The summed E-state index contributed by atoms with van der Waals surface area (Å²) in [7, 11) is -2.64. The summed E-state index contributed by atoms with van der Waals surface area (Å²) >= 11 is 3.97. The molecule has 9 heavy (non-hydrogen) atoms. The van der Waals surface area contributed by atoms with E-state index in [0.717, 1.165) is 0 Å². The van der Waals surface area contributed by atoms with Crippen molar-refractivity contribution in [2.75, 3.05) is 13.3 Å². The van der Waals surface area contributed by atoms with Gasteiger partial charge >= 0.3 is 0 Å². The Hall–Kier alpha value is 0.540. The van der Waals surface area contributed by atoms with E-state index in [1.807, 2.05) is 13.8 Å². The molecule has 1 N–H and O–H groups in total. The van der Waals surface area contributed by atoms with Gasteiger partial charge in [0.05, 0.1) is 0 Å². The summed E-state index contributed by atoms with van der Waals surface area (Å²) in [5, 5.41) is 0.528. The normalized spacial score (nSPS) is 10.6. The molecule has 0 unspecified atom stereocenters. The highest BCUT2D eigenvalue weighted by Gasteiger charge is 1.92. The molecule has 0 atom stereocenters. The van der Waals surface area contributed by atoms with Crippen LogP contribution in [0.15, 0.2) is 0 Å². The van der Waals surface area contributed by atoms with Crippen molar-refractivity contribution in [3.63, 3.8) is 0 Å². The van der Waals surface area contributed by atoms with Gasteiger partial charge in [-0.25, -0.2) is 0 Å². The van der Waals surface area contributed by atoms with E-state index < -0.39 is 7.37 Å². The van der Waals surface area contributed by atoms with Crippen molar-refractivity contribution in [1.29, 1.82) is 0 Å². The van der Waals surface area contributed by atoms with Crippen molar-refractivity contribution in [3.05, 3.63) is 0 Å². The minimum absolute atomic E-state index is 0.528. The van der Waals surface area contributed by atoms with E-state index in [-0.39, 0.29) is 0 Å². The van der Waals surface area contributed by atoms with Crippen molar-refractivity contribution in [2.45, 2.75) is 19.1 Å². The summed E-state index contributed by atoms with van der Waals surface area (Å²) in [6.45, 7) is 6.66. The summed E-state index contributed by atoms with van der Waals surface area (Å²) in [5.74, 6) is 0. The molecule has 0 amide bonds. The number of hydrogen-bond donors (Lipinski definition) is 2. The molecule has 58 valence electrons. The maximum absolute atomic E-state index is 9.77. The van der Waals surface area contributed by atoms with Gasteiger partial charge in [0.15, 0.2) is 7.37 Å². The van der Waals surface area contributed by atoms with E-state index in [4.69, 9.17) is 4.89 Å². The van der Waals surface area contributed by atoms with Crippen LogP contribution in [0.3, 0.4) is 0 Å². The molecule has 0 aromatic heterocycles. The Morgan fingerprint density at radius 3 is 1.44 bits per heavy atom. The fourth-order valence-corrected chi connectivity index (χ4v) is 0. The van der Waals surface area contributed by atoms with Crippen LogP contribution in [0, 0.1) is 0 Å². The van der Waals surface area contributed by atoms with Gasteiger partial charge in [-0.1, -0.05) is 13.8 Å². The monoisotopic (exact) mass is 170 g/mol. The lowest BCUT2D eigenvalue weighted by Gasteiger charge is -1.86. The van der Waals surface area contributed by atoms with Gasteiger partial charge in [-0.3, -0.25) is 4.57 Å². The zero-order chi connectivity index (χ0) is 8.08. The largest absolute Gasteiger partial charge is 0.345 e. The molecule has 0 heterocycles. The maximum Gasteiger partial charge on any atom is 0.194 e. The molecule has 0 aromatic carbocycles. The minimum Gasteiger partial charge on any atom is -0.345 e. The summed E-state index contributed by atoms with van der Waals surface area (Å²) < 4.78 is 9.77. The third-order valence-electron chi connectivity index (χ3n) is 0. The topological polar surface area (TPSA) is 37.3 Å². The van der Waals surface area contributed by atoms with Gasteiger partial charge < -0.3 is 4.89 Å². The standard InChI is InChI=1S/C3H8S.C2H7O2P/c1-3(2)4;1-5(2,3)4/h3-4H,1-2H3;1-2H3,(H,3,4). The zero-order valence-electron chi connectivity index (χ0n) is 6.33. The average molecular weight is 170 g/mol. The first-order valence-corrected chi connectivity index (χ1v) is 5.76. The molecule has 0 rings (SSSR count). The highest BCUT2D eigenvalue weighted by atomic mass is 32.1. The van der Waals surface area contributed by atoms with Crippen LogP contribution >= 0.6 is 20.0 Å². The third-order valence-corrected chi connectivity index (χ3v) is 0. The maximum atomic E-state index is 9.77. The number of thiol groups is 1. The SMILES string of the molecule is CC(C)S.CP(C)(=O)O. The van der Waals surface area contributed by atoms with Crippen LogP contribution in [-0.2, 0) is 4.57 Å². The summed E-state index contributed by atoms with van der Waals surface area (Å²) in [6.07, 6.45) is 0. The van der Waals surface area contributed by atoms with Crippen molar-refractivity contribution in [1.82, 2.24) is 0 Å². The predicted molar refractivity (Wildman–Crippen MR) is 45.8 cm³/mol. The first kappa shape index (κ1) is 12.2. The number of rotatable bonds is 0. The smallest absolute Gasteiger partial charge is 0.194 e. The molecule has 0 saturated heterocycles. The Morgan fingerprint density at radius 2 is 1.44 bits per heavy atom. The quantitative estimate of drug-likeness (QED) is 0.430. The fraction of sp³-hybridized carbons (Fsp3) is 1.00. The lowest BCUT2D eigenvalue weighted by Crippen LogP contribution is -1.71. The number of hydrogen-bond acceptors (Lipinski definition) is 2. The van der Waals surface area contributed by atoms with E-state index in [1.54, 1.807) is 0 Å². The van der Waals surface area contributed by atoms with E-state index in [2.05, 4.69) is 12.6 Å². The Kier molecular flexibility index (Phi) is 7.25. The van der Waals surface area contributed by atoms with Gasteiger partial charge in [0.2, 0.25) is 0 Å². The molecule has 0 aliphatic heterocycles. The molecule has 0 bridgehead atoms. The molecule has 0 aliphatic rings. The first-order chi connectivity index (χ1) is 3.73. The molecule has 0 fully saturated rings. The molecule has 4 heteroatoms. The van der Waals surface area contributed by atoms with E-state index in [9.17, 15) is 4.57 Å². The Morgan fingerprint density at radius 1 is 1.44 bits per heavy atom. The minimum atomic E-state index is -2.64. The van der Waals surface area contributed by atoms with Gasteiger partial charge in [0.25, 0.3) is 0 Å². The Balaban J connectivity index is 0. The molecular formula is C5H15O2PS. The van der Waals surface area contributed by atoms with Crippen molar-refractivity contribution in [3.8, 4) is 0 Å². The molecule has 0 aliphatic carbocycles. The van der Waals surface area contributed by atoms with E-state index in [0.29, 0.717) is 5.25 Å². The Labute approximate surface area is 62.5 Å². The highest BCUT2D eigenvalue weighted by Crippen LogP contribution is 2.27. The van der Waals surface area contributed by atoms with Crippen LogP contribution in [0.25, 0.3) is 0 Å². The van der Waals surface area contributed by atoms with Crippen LogP contribution in [0.2, 0.25) is 0 Å². The van der Waals surface area contributed by atoms with Crippen LogP contribution in [-0.4, -0.2) is 23.5 Å². The summed E-state index contributed by atoms with van der Waals surface area (Å²) in [5.41, 5.74) is 0. The lowest BCUT2D eigenvalue weighted by atomic mass is 10.6.